The zero-order valence-electron chi connectivity index (χ0n) is 16.6. The highest BCUT2D eigenvalue weighted by Gasteiger charge is 2.23. The molecule has 28 heavy (non-hydrogen) atoms. The summed E-state index contributed by atoms with van der Waals surface area (Å²) in [5.74, 6) is 1.02. The fourth-order valence-corrected chi connectivity index (χ4v) is 3.91. The number of carbonyl (C=O) groups is 1. The van der Waals surface area contributed by atoms with Crippen LogP contribution in [0.2, 0.25) is 0 Å². The number of benzene rings is 1. The summed E-state index contributed by atoms with van der Waals surface area (Å²) < 4.78 is 5.42. The molecular weight excluding hydrogens is 354 g/mol. The standard InChI is InChI=1S/C21H27N5O2/c1-16-11-17(2)13-18(12-16)21(27)26-5-3-24(4-6-26)19-14-20(23-22-15-19)25-7-9-28-10-8-25/h11-15H,3-10H2,1-2H3. The van der Waals surface area contributed by atoms with E-state index in [4.69, 9.17) is 4.74 Å². The molecular formula is C21H27N5O2. The second-order valence-electron chi connectivity index (χ2n) is 7.53. The van der Waals surface area contributed by atoms with E-state index in [9.17, 15) is 4.79 Å². The fourth-order valence-electron chi connectivity index (χ4n) is 3.91. The van der Waals surface area contributed by atoms with Crippen molar-refractivity contribution < 1.29 is 9.53 Å². The van der Waals surface area contributed by atoms with Crippen LogP contribution >= 0.6 is 0 Å². The van der Waals surface area contributed by atoms with E-state index in [1.54, 1.807) is 0 Å². The molecule has 1 aromatic carbocycles. The Bertz CT molecular complexity index is 822. The van der Waals surface area contributed by atoms with Gasteiger partial charge in [-0.25, -0.2) is 0 Å². The van der Waals surface area contributed by atoms with Crippen LogP contribution in [0.1, 0.15) is 21.5 Å². The van der Waals surface area contributed by atoms with Gasteiger partial charge in [0, 0.05) is 50.9 Å². The SMILES string of the molecule is Cc1cc(C)cc(C(=O)N2CCN(c3cnnc(N4CCOCC4)c3)CC2)c1. The van der Waals surface area contributed by atoms with E-state index in [0.717, 1.165) is 67.6 Å². The molecule has 2 aliphatic rings. The number of nitrogens with zero attached hydrogens (tertiary/aromatic N) is 5. The topological polar surface area (TPSA) is 61.8 Å². The highest BCUT2D eigenvalue weighted by Crippen LogP contribution is 2.22. The lowest BCUT2D eigenvalue weighted by Gasteiger charge is -2.36. The van der Waals surface area contributed by atoms with Gasteiger partial charge in [0.15, 0.2) is 5.82 Å². The minimum absolute atomic E-state index is 0.119. The first kappa shape index (κ1) is 18.7. The maximum absolute atomic E-state index is 12.9. The molecule has 0 bridgehead atoms. The molecule has 4 rings (SSSR count). The van der Waals surface area contributed by atoms with Crippen molar-refractivity contribution in [3.05, 3.63) is 47.2 Å². The van der Waals surface area contributed by atoms with Gasteiger partial charge in [0.1, 0.15) is 0 Å². The third-order valence-corrected chi connectivity index (χ3v) is 5.36. The van der Waals surface area contributed by atoms with Crippen LogP contribution in [0.25, 0.3) is 0 Å². The van der Waals surface area contributed by atoms with E-state index in [1.807, 2.05) is 37.1 Å². The Morgan fingerprint density at radius 3 is 2.25 bits per heavy atom. The summed E-state index contributed by atoms with van der Waals surface area (Å²) in [6.45, 7) is 10.2. The molecule has 3 heterocycles. The first-order valence-electron chi connectivity index (χ1n) is 9.88. The Morgan fingerprint density at radius 1 is 0.893 bits per heavy atom. The number of hydrogen-bond acceptors (Lipinski definition) is 6. The molecule has 2 aliphatic heterocycles. The average Bonchev–Trinajstić information content (AvgIpc) is 2.73. The molecule has 0 saturated carbocycles. The second-order valence-corrected chi connectivity index (χ2v) is 7.53. The van der Waals surface area contributed by atoms with Crippen molar-refractivity contribution in [2.24, 2.45) is 0 Å². The van der Waals surface area contributed by atoms with Gasteiger partial charge in [0.2, 0.25) is 0 Å². The number of piperazine rings is 1. The molecule has 1 amide bonds. The molecule has 7 nitrogen and oxygen atoms in total. The number of amides is 1. The Balaban J connectivity index is 1.40. The summed E-state index contributed by atoms with van der Waals surface area (Å²) in [6, 6.07) is 8.14. The van der Waals surface area contributed by atoms with Crippen LogP contribution in [-0.2, 0) is 4.74 Å². The van der Waals surface area contributed by atoms with Gasteiger partial charge in [0.05, 0.1) is 25.1 Å². The van der Waals surface area contributed by atoms with Crippen LogP contribution in [-0.4, -0.2) is 73.5 Å². The van der Waals surface area contributed by atoms with Crippen LogP contribution in [0.3, 0.4) is 0 Å². The van der Waals surface area contributed by atoms with Gasteiger partial charge in [-0.05, 0) is 26.0 Å². The number of hydrogen-bond donors (Lipinski definition) is 0. The first-order valence-corrected chi connectivity index (χ1v) is 9.88. The summed E-state index contributed by atoms with van der Waals surface area (Å²) >= 11 is 0. The molecule has 7 heteroatoms. The Morgan fingerprint density at radius 2 is 1.57 bits per heavy atom. The Kier molecular flexibility index (Phi) is 5.43. The molecule has 1 aromatic heterocycles. The maximum atomic E-state index is 12.9. The third-order valence-electron chi connectivity index (χ3n) is 5.36. The van der Waals surface area contributed by atoms with E-state index < -0.39 is 0 Å². The highest BCUT2D eigenvalue weighted by atomic mass is 16.5. The van der Waals surface area contributed by atoms with Crippen molar-refractivity contribution in [2.45, 2.75) is 13.8 Å². The van der Waals surface area contributed by atoms with Crippen LogP contribution in [0.4, 0.5) is 11.5 Å². The fraction of sp³-hybridized carbons (Fsp3) is 0.476. The lowest BCUT2D eigenvalue weighted by atomic mass is 10.1. The molecule has 2 saturated heterocycles. The Labute approximate surface area is 165 Å². The maximum Gasteiger partial charge on any atom is 0.253 e. The van der Waals surface area contributed by atoms with Gasteiger partial charge in [0.25, 0.3) is 5.91 Å². The van der Waals surface area contributed by atoms with E-state index >= 15 is 0 Å². The smallest absolute Gasteiger partial charge is 0.253 e. The second kappa shape index (κ2) is 8.14. The molecule has 148 valence electrons. The van der Waals surface area contributed by atoms with Crippen molar-refractivity contribution in [3.63, 3.8) is 0 Å². The number of carbonyl (C=O) groups excluding carboxylic acids is 1. The number of aryl methyl sites for hydroxylation is 2. The summed E-state index contributed by atoms with van der Waals surface area (Å²) in [7, 11) is 0. The first-order chi connectivity index (χ1) is 13.6. The van der Waals surface area contributed by atoms with E-state index in [0.29, 0.717) is 13.1 Å². The van der Waals surface area contributed by atoms with Crippen molar-refractivity contribution in [2.75, 3.05) is 62.3 Å². The Hall–Kier alpha value is -2.67. The molecule has 0 radical (unpaired) electrons. The molecule has 0 atom stereocenters. The monoisotopic (exact) mass is 381 g/mol. The van der Waals surface area contributed by atoms with Gasteiger partial charge in [-0.2, -0.15) is 5.10 Å². The quantitative estimate of drug-likeness (QED) is 0.809. The predicted octanol–water partition coefficient (Wildman–Crippen LogP) is 1.89. The van der Waals surface area contributed by atoms with Gasteiger partial charge in [-0.1, -0.05) is 17.2 Å². The molecule has 0 aliphatic carbocycles. The van der Waals surface area contributed by atoms with Crippen LogP contribution in [0.15, 0.2) is 30.5 Å². The van der Waals surface area contributed by atoms with E-state index in [1.165, 1.54) is 0 Å². The molecule has 2 fully saturated rings. The van der Waals surface area contributed by atoms with Crippen molar-refractivity contribution in [1.82, 2.24) is 15.1 Å². The lowest BCUT2D eigenvalue weighted by molar-refractivity contribution is 0.0746. The van der Waals surface area contributed by atoms with Gasteiger partial charge < -0.3 is 19.4 Å². The van der Waals surface area contributed by atoms with Crippen LogP contribution in [0.5, 0.6) is 0 Å². The zero-order chi connectivity index (χ0) is 19.5. The summed E-state index contributed by atoms with van der Waals surface area (Å²) in [5, 5.41) is 8.49. The van der Waals surface area contributed by atoms with Crippen LogP contribution in [0, 0.1) is 13.8 Å². The summed E-state index contributed by atoms with van der Waals surface area (Å²) in [5.41, 5.74) is 4.10. The minimum Gasteiger partial charge on any atom is -0.378 e. The van der Waals surface area contributed by atoms with Gasteiger partial charge in [-0.3, -0.25) is 4.79 Å². The normalized spacial score (nSPS) is 17.7. The number of anilines is 2. The molecule has 0 spiro atoms. The summed E-state index contributed by atoms with van der Waals surface area (Å²) in [4.78, 5) is 19.3. The number of rotatable bonds is 3. The van der Waals surface area contributed by atoms with Gasteiger partial charge >= 0.3 is 0 Å². The number of ether oxygens (including phenoxy) is 1. The lowest BCUT2D eigenvalue weighted by Crippen LogP contribution is -2.49. The number of morpholine rings is 1. The van der Waals surface area contributed by atoms with E-state index in [2.05, 4.69) is 32.1 Å². The third kappa shape index (κ3) is 4.09. The molecule has 0 unspecified atom stereocenters. The average molecular weight is 381 g/mol. The molecule has 2 aromatic rings. The van der Waals surface area contributed by atoms with Crippen molar-refractivity contribution >= 4 is 17.4 Å². The van der Waals surface area contributed by atoms with Crippen LogP contribution < -0.4 is 9.80 Å². The highest BCUT2D eigenvalue weighted by molar-refractivity contribution is 5.94. The van der Waals surface area contributed by atoms with Crippen molar-refractivity contribution in [3.8, 4) is 0 Å². The molecule has 0 N–H and O–H groups in total. The predicted molar refractivity (Wildman–Crippen MR) is 109 cm³/mol. The minimum atomic E-state index is 0.119. The van der Waals surface area contributed by atoms with E-state index in [-0.39, 0.29) is 5.91 Å². The zero-order valence-corrected chi connectivity index (χ0v) is 16.6. The van der Waals surface area contributed by atoms with Gasteiger partial charge in [-0.15, -0.1) is 5.10 Å². The number of aromatic nitrogens is 2. The summed E-state index contributed by atoms with van der Waals surface area (Å²) in [6.07, 6.45) is 1.81. The largest absolute Gasteiger partial charge is 0.378 e. The van der Waals surface area contributed by atoms with Crippen molar-refractivity contribution in [1.29, 1.82) is 0 Å².